The maximum Gasteiger partial charge on any atom is 0.119 e. The van der Waals surface area contributed by atoms with Gasteiger partial charge in [-0.2, -0.15) is 5.10 Å². The van der Waals surface area contributed by atoms with Gasteiger partial charge in [-0.3, -0.25) is 9.58 Å². The van der Waals surface area contributed by atoms with Gasteiger partial charge in [-0.15, -0.1) is 0 Å². The number of ether oxygens (including phenoxy) is 2. The predicted molar refractivity (Wildman–Crippen MR) is 130 cm³/mol. The van der Waals surface area contributed by atoms with E-state index in [4.69, 9.17) is 9.47 Å². The lowest BCUT2D eigenvalue weighted by molar-refractivity contribution is -0.0168. The molecule has 3 aromatic rings. The van der Waals surface area contributed by atoms with Crippen LogP contribution in [0.1, 0.15) is 36.8 Å². The van der Waals surface area contributed by atoms with Crippen molar-refractivity contribution in [1.29, 1.82) is 0 Å². The van der Waals surface area contributed by atoms with Gasteiger partial charge in [-0.25, -0.2) is 0 Å². The molecule has 1 aromatic heterocycles. The van der Waals surface area contributed by atoms with Crippen LogP contribution in [-0.2, 0) is 13.1 Å². The molecule has 0 radical (unpaired) electrons. The smallest absolute Gasteiger partial charge is 0.119 e. The van der Waals surface area contributed by atoms with Crippen LogP contribution in [-0.4, -0.2) is 51.7 Å². The fourth-order valence-corrected chi connectivity index (χ4v) is 4.23. The summed E-state index contributed by atoms with van der Waals surface area (Å²) in [5.41, 5.74) is 1.66. The third kappa shape index (κ3) is 7.34. The summed E-state index contributed by atoms with van der Waals surface area (Å²) in [4.78, 5) is 2.42. The number of hydrogen-bond acceptors (Lipinski definition) is 5. The first-order valence-electron chi connectivity index (χ1n) is 11.9. The van der Waals surface area contributed by atoms with Crippen molar-refractivity contribution in [2.24, 2.45) is 0 Å². The monoisotopic (exact) mass is 449 g/mol. The highest BCUT2D eigenvalue weighted by molar-refractivity contribution is 5.28. The van der Waals surface area contributed by atoms with Gasteiger partial charge in [-0.05, 0) is 68.6 Å². The third-order valence-electron chi connectivity index (χ3n) is 6.20. The van der Waals surface area contributed by atoms with Crippen LogP contribution in [0.3, 0.4) is 0 Å². The molecule has 1 atom stereocenters. The Morgan fingerprint density at radius 1 is 1.00 bits per heavy atom. The minimum Gasteiger partial charge on any atom is -0.494 e. The molecule has 6 nitrogen and oxygen atoms in total. The molecule has 1 aliphatic rings. The Kier molecular flexibility index (Phi) is 8.02. The molecule has 1 saturated heterocycles. The van der Waals surface area contributed by atoms with Crippen molar-refractivity contribution in [1.82, 2.24) is 14.7 Å². The molecule has 4 rings (SSSR count). The summed E-state index contributed by atoms with van der Waals surface area (Å²) in [6.07, 6.45) is 7.11. The topological polar surface area (TPSA) is 59.8 Å². The van der Waals surface area contributed by atoms with Crippen LogP contribution in [0.25, 0.3) is 0 Å². The summed E-state index contributed by atoms with van der Waals surface area (Å²) in [6.45, 7) is 6.61. The minimum atomic E-state index is -0.779. The number of aliphatic hydroxyl groups is 1. The van der Waals surface area contributed by atoms with E-state index in [1.54, 1.807) is 6.20 Å². The number of hydrogen-bond donors (Lipinski definition) is 1. The average Bonchev–Trinajstić information content (AvgIpc) is 3.27. The maximum absolute atomic E-state index is 11.1. The Bertz CT molecular complexity index is 975. The summed E-state index contributed by atoms with van der Waals surface area (Å²) in [6, 6.07) is 18.3. The molecule has 0 amide bonds. The average molecular weight is 450 g/mol. The summed E-state index contributed by atoms with van der Waals surface area (Å²) in [7, 11) is 0. The van der Waals surface area contributed by atoms with Gasteiger partial charge >= 0.3 is 0 Å². The van der Waals surface area contributed by atoms with Gasteiger partial charge in [0, 0.05) is 38.4 Å². The van der Waals surface area contributed by atoms with Crippen molar-refractivity contribution < 1.29 is 14.6 Å². The van der Waals surface area contributed by atoms with Crippen molar-refractivity contribution >= 4 is 0 Å². The number of rotatable bonds is 10. The van der Waals surface area contributed by atoms with E-state index in [1.165, 1.54) is 11.1 Å². The lowest BCUT2D eigenvalue weighted by Gasteiger charge is -2.27. The highest BCUT2D eigenvalue weighted by Crippen LogP contribution is 2.25. The van der Waals surface area contributed by atoms with Gasteiger partial charge < -0.3 is 14.6 Å². The molecule has 2 aromatic carbocycles. The van der Waals surface area contributed by atoms with E-state index in [0.29, 0.717) is 19.6 Å². The fraction of sp³-hybridized carbons (Fsp3) is 0.444. The van der Waals surface area contributed by atoms with E-state index < -0.39 is 5.60 Å². The lowest BCUT2D eigenvalue weighted by Crippen LogP contribution is -2.37. The van der Waals surface area contributed by atoms with Crippen LogP contribution >= 0.6 is 0 Å². The molecule has 0 saturated carbocycles. The van der Waals surface area contributed by atoms with E-state index in [1.807, 2.05) is 47.3 Å². The van der Waals surface area contributed by atoms with Gasteiger partial charge in [0.1, 0.15) is 18.1 Å². The fourth-order valence-electron chi connectivity index (χ4n) is 4.23. The van der Waals surface area contributed by atoms with Crippen LogP contribution in [0, 0.1) is 6.92 Å². The van der Waals surface area contributed by atoms with Crippen molar-refractivity contribution in [3.63, 3.8) is 0 Å². The normalized spacial score (nSPS) is 19.2. The van der Waals surface area contributed by atoms with Gasteiger partial charge in [-0.1, -0.05) is 29.8 Å². The van der Waals surface area contributed by atoms with Gasteiger partial charge in [0.05, 0.1) is 12.2 Å². The second kappa shape index (κ2) is 11.3. The van der Waals surface area contributed by atoms with Crippen LogP contribution in [0.15, 0.2) is 67.0 Å². The number of aromatic nitrogens is 2. The lowest BCUT2D eigenvalue weighted by atomic mass is 9.96. The van der Waals surface area contributed by atoms with Gasteiger partial charge in [0.25, 0.3) is 0 Å². The highest BCUT2D eigenvalue weighted by atomic mass is 16.5. The van der Waals surface area contributed by atoms with E-state index in [2.05, 4.69) is 35.1 Å². The largest absolute Gasteiger partial charge is 0.494 e. The summed E-state index contributed by atoms with van der Waals surface area (Å²) in [5.74, 6) is 1.72. The second-order valence-corrected chi connectivity index (χ2v) is 9.07. The summed E-state index contributed by atoms with van der Waals surface area (Å²) in [5, 5.41) is 15.3. The first-order valence-corrected chi connectivity index (χ1v) is 11.9. The van der Waals surface area contributed by atoms with Crippen molar-refractivity contribution in [2.75, 3.05) is 26.3 Å². The van der Waals surface area contributed by atoms with Gasteiger partial charge in [0.15, 0.2) is 0 Å². The molecule has 0 unspecified atom stereocenters. The van der Waals surface area contributed by atoms with Crippen molar-refractivity contribution in [3.05, 3.63) is 78.1 Å². The summed E-state index contributed by atoms with van der Waals surface area (Å²) >= 11 is 0. The summed E-state index contributed by atoms with van der Waals surface area (Å²) < 4.78 is 13.8. The standard InChI is InChI=1S/C27H35N3O3/c1-23-8-10-25(11-9-23)33-22-27(31)12-3-15-29(18-13-27)21-24-6-2-7-26(20-24)32-19-5-17-30-16-4-14-28-30/h2,4,6-11,14,16,20,31H,3,5,12-13,15,17-19,21-22H2,1H3/t27-/m0/s1. The molecule has 0 bridgehead atoms. The quantitative estimate of drug-likeness (QED) is 0.463. The number of benzene rings is 2. The number of nitrogens with zero attached hydrogens (tertiary/aromatic N) is 3. The van der Waals surface area contributed by atoms with Crippen LogP contribution in [0.2, 0.25) is 0 Å². The zero-order chi connectivity index (χ0) is 22.9. The molecule has 2 heterocycles. The maximum atomic E-state index is 11.1. The van der Waals surface area contributed by atoms with E-state index >= 15 is 0 Å². The Hall–Kier alpha value is -2.83. The molecule has 1 aliphatic heterocycles. The Labute approximate surface area is 196 Å². The Balaban J connectivity index is 1.23. The predicted octanol–water partition coefficient (Wildman–Crippen LogP) is 4.46. The first-order chi connectivity index (χ1) is 16.1. The second-order valence-electron chi connectivity index (χ2n) is 9.07. The van der Waals surface area contributed by atoms with E-state index in [-0.39, 0.29) is 0 Å². The minimum absolute atomic E-state index is 0.339. The molecule has 6 heteroatoms. The van der Waals surface area contributed by atoms with Crippen molar-refractivity contribution in [3.8, 4) is 11.5 Å². The SMILES string of the molecule is Cc1ccc(OC[C@]2(O)CCCN(Cc3cccc(OCCCn4cccn4)c3)CC2)cc1. The molecule has 0 spiro atoms. The van der Waals surface area contributed by atoms with Crippen LogP contribution in [0.5, 0.6) is 11.5 Å². The Morgan fingerprint density at radius 2 is 1.88 bits per heavy atom. The number of likely N-dealkylation sites (tertiary alicyclic amines) is 1. The third-order valence-corrected chi connectivity index (χ3v) is 6.20. The van der Waals surface area contributed by atoms with Gasteiger partial charge in [0.2, 0.25) is 0 Å². The molecular formula is C27H35N3O3. The van der Waals surface area contributed by atoms with Crippen LogP contribution < -0.4 is 9.47 Å². The van der Waals surface area contributed by atoms with E-state index in [9.17, 15) is 5.11 Å². The zero-order valence-electron chi connectivity index (χ0n) is 19.5. The van der Waals surface area contributed by atoms with E-state index in [0.717, 1.165) is 56.9 Å². The van der Waals surface area contributed by atoms with Crippen LogP contribution in [0.4, 0.5) is 0 Å². The number of aryl methyl sites for hydroxylation is 2. The molecule has 33 heavy (non-hydrogen) atoms. The first kappa shape index (κ1) is 23.3. The highest BCUT2D eigenvalue weighted by Gasteiger charge is 2.31. The zero-order valence-corrected chi connectivity index (χ0v) is 19.5. The molecule has 1 fully saturated rings. The molecule has 176 valence electrons. The Morgan fingerprint density at radius 3 is 2.70 bits per heavy atom. The van der Waals surface area contributed by atoms with Crippen molar-refractivity contribution in [2.45, 2.75) is 51.3 Å². The molecule has 1 N–H and O–H groups in total. The molecular weight excluding hydrogens is 414 g/mol. The molecule has 0 aliphatic carbocycles.